The Kier molecular flexibility index (Phi) is 8.46. The van der Waals surface area contributed by atoms with Gasteiger partial charge in [0.25, 0.3) is 5.91 Å². The first-order valence-corrected chi connectivity index (χ1v) is 9.63. The second-order valence-corrected chi connectivity index (χ2v) is 6.56. The average molecular weight is 441 g/mol. The normalized spacial score (nSPS) is 11.1. The molecule has 0 saturated heterocycles. The number of carbonyl (C=O) groups excluding carboxylic acids is 3. The van der Waals surface area contributed by atoms with Crippen molar-refractivity contribution in [3.05, 3.63) is 65.2 Å². The van der Waals surface area contributed by atoms with Crippen molar-refractivity contribution < 1.29 is 33.8 Å². The van der Waals surface area contributed by atoms with Gasteiger partial charge in [0.05, 0.1) is 12.6 Å². The molecule has 32 heavy (non-hydrogen) atoms. The van der Waals surface area contributed by atoms with Crippen LogP contribution in [0.3, 0.4) is 0 Å². The second kappa shape index (κ2) is 11.3. The van der Waals surface area contributed by atoms with Crippen molar-refractivity contribution >= 4 is 29.6 Å². The third kappa shape index (κ3) is 6.94. The molecule has 0 aromatic heterocycles. The fraction of sp³-hybridized carbons (Fsp3) is 0.227. The van der Waals surface area contributed by atoms with E-state index in [2.05, 4.69) is 10.6 Å². The van der Waals surface area contributed by atoms with Crippen LogP contribution in [0.1, 0.15) is 40.1 Å². The lowest BCUT2D eigenvalue weighted by Crippen LogP contribution is -2.38. The predicted octanol–water partition coefficient (Wildman–Crippen LogP) is 2.22. The molecule has 2 rings (SSSR count). The van der Waals surface area contributed by atoms with Crippen LogP contribution in [0.5, 0.6) is 5.75 Å². The van der Waals surface area contributed by atoms with E-state index in [-0.39, 0.29) is 23.8 Å². The van der Waals surface area contributed by atoms with Crippen LogP contribution in [-0.4, -0.2) is 54.0 Å². The molecule has 0 bridgehead atoms. The van der Waals surface area contributed by atoms with Crippen molar-refractivity contribution in [2.75, 3.05) is 13.2 Å². The van der Waals surface area contributed by atoms with E-state index in [1.54, 1.807) is 13.8 Å². The Balaban J connectivity index is 1.95. The lowest BCUT2D eigenvalue weighted by Gasteiger charge is -2.14. The highest BCUT2D eigenvalue weighted by atomic mass is 16.5. The second-order valence-electron chi connectivity index (χ2n) is 6.56. The highest BCUT2D eigenvalue weighted by Gasteiger charge is 2.19. The summed E-state index contributed by atoms with van der Waals surface area (Å²) in [5, 5.41) is 21.3. The van der Waals surface area contributed by atoms with Crippen LogP contribution in [-0.2, 0) is 9.53 Å². The molecule has 10 heteroatoms. The smallest absolute Gasteiger partial charge is 0.412 e. The zero-order valence-electron chi connectivity index (χ0n) is 17.5. The van der Waals surface area contributed by atoms with Crippen molar-refractivity contribution in [3.8, 4) is 5.75 Å². The Hall–Kier alpha value is -4.21. The average Bonchev–Trinajstić information content (AvgIpc) is 2.77. The monoisotopic (exact) mass is 441 g/mol. The molecular weight excluding hydrogens is 418 g/mol. The fourth-order valence-corrected chi connectivity index (χ4v) is 2.59. The molecule has 4 N–H and O–H groups in total. The van der Waals surface area contributed by atoms with Gasteiger partial charge in [-0.2, -0.15) is 0 Å². The van der Waals surface area contributed by atoms with Crippen molar-refractivity contribution in [2.45, 2.75) is 19.9 Å². The number of rotatable bonds is 9. The Labute approximate surface area is 184 Å². The molecule has 0 saturated carbocycles. The van der Waals surface area contributed by atoms with Gasteiger partial charge in [-0.3, -0.25) is 20.3 Å². The van der Waals surface area contributed by atoms with Crippen LogP contribution in [0.2, 0.25) is 0 Å². The highest BCUT2D eigenvalue weighted by Crippen LogP contribution is 2.14. The maximum absolute atomic E-state index is 12.6. The number of amides is 2. The number of benzene rings is 2. The number of carboxylic acid groups (broad SMARTS) is 1. The largest absolute Gasteiger partial charge is 0.482 e. The zero-order valence-corrected chi connectivity index (χ0v) is 17.5. The van der Waals surface area contributed by atoms with Gasteiger partial charge in [-0.05, 0) is 50.2 Å². The Morgan fingerprint density at radius 2 is 1.53 bits per heavy atom. The SMILES string of the molecule is CCOC(=O)NC(=N)c1ccc(C(=O)NC(C)C(=O)c2ccc(OCC(=O)O)cc2)cc1. The fourth-order valence-electron chi connectivity index (χ4n) is 2.59. The van der Waals surface area contributed by atoms with Crippen LogP contribution >= 0.6 is 0 Å². The van der Waals surface area contributed by atoms with Crippen molar-refractivity contribution in [1.82, 2.24) is 10.6 Å². The lowest BCUT2D eigenvalue weighted by molar-refractivity contribution is -0.139. The van der Waals surface area contributed by atoms with Gasteiger partial charge in [0.15, 0.2) is 12.4 Å². The molecule has 0 spiro atoms. The van der Waals surface area contributed by atoms with Gasteiger partial charge in [-0.25, -0.2) is 9.59 Å². The van der Waals surface area contributed by atoms with Gasteiger partial charge < -0.3 is 19.9 Å². The van der Waals surface area contributed by atoms with Crippen LogP contribution in [0, 0.1) is 5.41 Å². The summed E-state index contributed by atoms with van der Waals surface area (Å²) in [5.74, 6) is -1.79. The molecule has 1 atom stereocenters. The first kappa shape index (κ1) is 24.1. The number of Topliss-reactive ketones (excluding diaryl/α,β-unsaturated/α-hetero) is 1. The minimum absolute atomic E-state index is 0.172. The van der Waals surface area contributed by atoms with Crippen molar-refractivity contribution in [1.29, 1.82) is 5.41 Å². The van der Waals surface area contributed by atoms with Crippen LogP contribution in [0.15, 0.2) is 48.5 Å². The summed E-state index contributed by atoms with van der Waals surface area (Å²) in [6.07, 6.45) is -0.742. The quantitative estimate of drug-likeness (QED) is 0.264. The lowest BCUT2D eigenvalue weighted by atomic mass is 10.0. The maximum Gasteiger partial charge on any atom is 0.412 e. The summed E-state index contributed by atoms with van der Waals surface area (Å²) in [6.45, 7) is 2.88. The van der Waals surface area contributed by atoms with E-state index >= 15 is 0 Å². The number of nitrogens with one attached hydrogen (secondary N) is 3. The van der Waals surface area contributed by atoms with E-state index in [0.29, 0.717) is 16.9 Å². The first-order valence-electron chi connectivity index (χ1n) is 9.63. The molecular formula is C22H23N3O7. The molecule has 1 unspecified atom stereocenters. The maximum atomic E-state index is 12.6. The molecule has 0 aliphatic rings. The van der Waals surface area contributed by atoms with Crippen molar-refractivity contribution in [2.24, 2.45) is 0 Å². The van der Waals surface area contributed by atoms with E-state index in [4.69, 9.17) is 20.0 Å². The number of amidine groups is 1. The molecule has 2 amide bonds. The molecule has 0 aliphatic carbocycles. The number of ketones is 1. The molecule has 10 nitrogen and oxygen atoms in total. The molecule has 168 valence electrons. The highest BCUT2D eigenvalue weighted by molar-refractivity contribution is 6.06. The summed E-state index contributed by atoms with van der Waals surface area (Å²) in [5.41, 5.74) is 0.980. The van der Waals surface area contributed by atoms with Crippen molar-refractivity contribution in [3.63, 3.8) is 0 Å². The number of hydrogen-bond acceptors (Lipinski definition) is 7. The van der Waals surface area contributed by atoms with Gasteiger partial charge in [0.2, 0.25) is 0 Å². The summed E-state index contributed by atoms with van der Waals surface area (Å²) in [7, 11) is 0. The van der Waals surface area contributed by atoms with Gasteiger partial charge in [-0.1, -0.05) is 12.1 Å². The van der Waals surface area contributed by atoms with Crippen LogP contribution in [0.4, 0.5) is 4.79 Å². The van der Waals surface area contributed by atoms with E-state index in [1.165, 1.54) is 48.5 Å². The minimum Gasteiger partial charge on any atom is -0.482 e. The summed E-state index contributed by atoms with van der Waals surface area (Å²) < 4.78 is 9.73. The Morgan fingerprint density at radius 1 is 0.969 bits per heavy atom. The van der Waals surface area contributed by atoms with E-state index in [0.717, 1.165) is 0 Å². The predicted molar refractivity (Wildman–Crippen MR) is 114 cm³/mol. The van der Waals surface area contributed by atoms with Gasteiger partial charge >= 0.3 is 12.1 Å². The zero-order chi connectivity index (χ0) is 23.7. The summed E-state index contributed by atoms with van der Waals surface area (Å²) >= 11 is 0. The summed E-state index contributed by atoms with van der Waals surface area (Å²) in [6, 6.07) is 11.0. The molecule has 0 aliphatic heterocycles. The number of hydrogen-bond donors (Lipinski definition) is 4. The Bertz CT molecular complexity index is 1000. The molecule has 0 heterocycles. The Morgan fingerprint density at radius 3 is 2.09 bits per heavy atom. The number of carboxylic acids is 1. The molecule has 2 aromatic carbocycles. The van der Waals surface area contributed by atoms with Crippen LogP contribution < -0.4 is 15.4 Å². The molecule has 0 fully saturated rings. The number of ether oxygens (including phenoxy) is 2. The number of aliphatic carboxylic acids is 1. The minimum atomic E-state index is -1.11. The van der Waals surface area contributed by atoms with E-state index < -0.39 is 30.6 Å². The van der Waals surface area contributed by atoms with E-state index in [9.17, 15) is 19.2 Å². The molecule has 2 aromatic rings. The van der Waals surface area contributed by atoms with E-state index in [1.807, 2.05) is 0 Å². The van der Waals surface area contributed by atoms with Crippen LogP contribution in [0.25, 0.3) is 0 Å². The first-order chi connectivity index (χ1) is 15.2. The van der Waals surface area contributed by atoms with Gasteiger partial charge in [0, 0.05) is 16.7 Å². The standard InChI is InChI=1S/C22H23N3O7/c1-3-31-22(30)25-20(23)15-4-6-16(7-5-15)21(29)24-13(2)19(28)14-8-10-17(11-9-14)32-12-18(26)27/h4-11,13H,3,12H2,1-2H3,(H,24,29)(H,26,27)(H2,23,25,30). The third-order valence-electron chi connectivity index (χ3n) is 4.18. The number of carbonyl (C=O) groups is 4. The van der Waals surface area contributed by atoms with Gasteiger partial charge in [0.1, 0.15) is 11.6 Å². The molecule has 0 radical (unpaired) electrons. The third-order valence-corrected chi connectivity index (χ3v) is 4.18. The topological polar surface area (TPSA) is 155 Å². The summed E-state index contributed by atoms with van der Waals surface area (Å²) in [4.78, 5) is 46.9. The number of alkyl carbamates (subject to hydrolysis) is 1. The van der Waals surface area contributed by atoms with Gasteiger partial charge in [-0.15, -0.1) is 0 Å².